The van der Waals surface area contributed by atoms with Gasteiger partial charge in [-0.15, -0.1) is 12.3 Å². The van der Waals surface area contributed by atoms with Gasteiger partial charge in [0.1, 0.15) is 12.6 Å². The van der Waals surface area contributed by atoms with Crippen molar-refractivity contribution in [2.75, 3.05) is 20.8 Å². The third-order valence-corrected chi connectivity index (χ3v) is 1.91. The van der Waals surface area contributed by atoms with E-state index in [9.17, 15) is 9.59 Å². The lowest BCUT2D eigenvalue weighted by Gasteiger charge is -2.15. The van der Waals surface area contributed by atoms with Gasteiger partial charge in [0.15, 0.2) is 0 Å². The number of terminal acetylenes is 1. The molecule has 0 aliphatic rings. The van der Waals surface area contributed by atoms with Gasteiger partial charge in [0.25, 0.3) is 0 Å². The van der Waals surface area contributed by atoms with Gasteiger partial charge < -0.3 is 14.8 Å². The Morgan fingerprint density at radius 2 is 2.12 bits per heavy atom. The van der Waals surface area contributed by atoms with Crippen molar-refractivity contribution in [3.05, 3.63) is 0 Å². The molecule has 0 rings (SSSR count). The predicted molar refractivity (Wildman–Crippen MR) is 58.5 cm³/mol. The van der Waals surface area contributed by atoms with E-state index in [2.05, 4.69) is 20.7 Å². The minimum atomic E-state index is -0.652. The van der Waals surface area contributed by atoms with Crippen LogP contribution in [0.2, 0.25) is 0 Å². The van der Waals surface area contributed by atoms with Gasteiger partial charge in [-0.3, -0.25) is 4.79 Å². The van der Waals surface area contributed by atoms with Crippen LogP contribution in [0.1, 0.15) is 19.3 Å². The summed E-state index contributed by atoms with van der Waals surface area (Å²) < 4.78 is 9.22. The maximum Gasteiger partial charge on any atom is 0.328 e. The summed E-state index contributed by atoms with van der Waals surface area (Å²) in [6, 6.07) is -0.652. The molecular weight excluding hydrogens is 210 g/mol. The summed E-state index contributed by atoms with van der Waals surface area (Å²) in [5.41, 5.74) is 0. The van der Waals surface area contributed by atoms with Crippen LogP contribution in [0, 0.1) is 12.3 Å². The molecule has 0 saturated carbocycles. The van der Waals surface area contributed by atoms with Crippen LogP contribution in [0.25, 0.3) is 0 Å². The number of hydrogen-bond acceptors (Lipinski definition) is 4. The molecule has 1 atom stereocenters. The molecule has 0 bridgehead atoms. The highest BCUT2D eigenvalue weighted by molar-refractivity contribution is 5.84. The second kappa shape index (κ2) is 8.74. The first-order chi connectivity index (χ1) is 7.65. The summed E-state index contributed by atoms with van der Waals surface area (Å²) >= 11 is 0. The van der Waals surface area contributed by atoms with Gasteiger partial charge in [-0.2, -0.15) is 0 Å². The molecule has 0 aromatic rings. The Morgan fingerprint density at radius 1 is 1.44 bits per heavy atom. The fourth-order valence-electron chi connectivity index (χ4n) is 1.17. The Morgan fingerprint density at radius 3 is 2.62 bits per heavy atom. The molecule has 0 heterocycles. The van der Waals surface area contributed by atoms with Crippen LogP contribution in [0.3, 0.4) is 0 Å². The van der Waals surface area contributed by atoms with Crippen molar-refractivity contribution in [3.8, 4) is 12.3 Å². The standard InChI is InChI=1S/C11H17NO4/c1-4-5-6-7-9(11(14)16-3)12-10(13)8-15-2/h1,9H,5-8H2,2-3H3,(H,12,13)/t9-/m1/s1. The number of carbonyl (C=O) groups is 2. The molecule has 0 fully saturated rings. The molecule has 5 heteroatoms. The monoisotopic (exact) mass is 227 g/mol. The molecule has 0 spiro atoms. The zero-order valence-corrected chi connectivity index (χ0v) is 9.62. The van der Waals surface area contributed by atoms with Crippen molar-refractivity contribution in [2.45, 2.75) is 25.3 Å². The third kappa shape index (κ3) is 6.04. The summed E-state index contributed by atoms with van der Waals surface area (Å²) in [6.45, 7) is -0.0807. The molecule has 0 unspecified atom stereocenters. The van der Waals surface area contributed by atoms with Crippen LogP contribution in [0.4, 0.5) is 0 Å². The maximum atomic E-state index is 11.3. The predicted octanol–water partition coefficient (Wildman–Crippen LogP) is 0.0941. The summed E-state index contributed by atoms with van der Waals surface area (Å²) in [5.74, 6) is 1.65. The maximum absolute atomic E-state index is 11.3. The number of hydrogen-bond donors (Lipinski definition) is 1. The van der Waals surface area contributed by atoms with Crippen LogP contribution in [0.15, 0.2) is 0 Å². The van der Waals surface area contributed by atoms with E-state index in [4.69, 9.17) is 6.42 Å². The minimum Gasteiger partial charge on any atom is -0.467 e. The van der Waals surface area contributed by atoms with Crippen molar-refractivity contribution < 1.29 is 19.1 Å². The summed E-state index contributed by atoms with van der Waals surface area (Å²) in [5, 5.41) is 2.52. The molecule has 0 aromatic heterocycles. The summed E-state index contributed by atoms with van der Waals surface area (Å²) in [7, 11) is 2.68. The van der Waals surface area contributed by atoms with Crippen molar-refractivity contribution in [1.29, 1.82) is 0 Å². The van der Waals surface area contributed by atoms with E-state index in [0.717, 1.165) is 0 Å². The lowest BCUT2D eigenvalue weighted by molar-refractivity contribution is -0.145. The molecule has 0 radical (unpaired) electrons. The summed E-state index contributed by atoms with van der Waals surface area (Å²) in [4.78, 5) is 22.5. The normalized spacial score (nSPS) is 11.3. The van der Waals surface area contributed by atoms with Gasteiger partial charge in [0, 0.05) is 13.5 Å². The fourth-order valence-corrected chi connectivity index (χ4v) is 1.17. The molecule has 1 amide bonds. The first-order valence-corrected chi connectivity index (χ1v) is 4.95. The lowest BCUT2D eigenvalue weighted by Crippen LogP contribution is -2.42. The topological polar surface area (TPSA) is 64.6 Å². The highest BCUT2D eigenvalue weighted by Crippen LogP contribution is 2.02. The van der Waals surface area contributed by atoms with Gasteiger partial charge >= 0.3 is 5.97 Å². The van der Waals surface area contributed by atoms with Gasteiger partial charge in [-0.05, 0) is 12.8 Å². The number of esters is 1. The van der Waals surface area contributed by atoms with Crippen LogP contribution in [-0.4, -0.2) is 38.7 Å². The number of nitrogens with one attached hydrogen (secondary N) is 1. The van der Waals surface area contributed by atoms with Crippen molar-refractivity contribution in [2.24, 2.45) is 0 Å². The Labute approximate surface area is 95.5 Å². The Balaban J connectivity index is 4.15. The molecule has 90 valence electrons. The number of amides is 1. The molecule has 0 aliphatic heterocycles. The molecule has 5 nitrogen and oxygen atoms in total. The SMILES string of the molecule is C#CCCC[C@@H](NC(=O)COC)C(=O)OC. The Kier molecular flexibility index (Phi) is 7.90. The van der Waals surface area contributed by atoms with E-state index in [1.165, 1.54) is 14.2 Å². The van der Waals surface area contributed by atoms with E-state index < -0.39 is 12.0 Å². The first kappa shape index (κ1) is 14.5. The number of unbranched alkanes of at least 4 members (excludes halogenated alkanes) is 1. The number of rotatable bonds is 7. The average molecular weight is 227 g/mol. The summed E-state index contributed by atoms with van der Waals surface area (Å²) in [6.07, 6.45) is 6.78. The number of methoxy groups -OCH3 is 2. The molecule has 0 aliphatic carbocycles. The van der Waals surface area contributed by atoms with Crippen molar-refractivity contribution >= 4 is 11.9 Å². The highest BCUT2D eigenvalue weighted by atomic mass is 16.5. The average Bonchev–Trinajstić information content (AvgIpc) is 2.27. The van der Waals surface area contributed by atoms with E-state index in [0.29, 0.717) is 19.3 Å². The van der Waals surface area contributed by atoms with E-state index in [-0.39, 0.29) is 12.5 Å². The van der Waals surface area contributed by atoms with E-state index in [1.807, 2.05) is 0 Å². The van der Waals surface area contributed by atoms with E-state index >= 15 is 0 Å². The fraction of sp³-hybridized carbons (Fsp3) is 0.636. The Hall–Kier alpha value is -1.54. The molecular formula is C11H17NO4. The van der Waals surface area contributed by atoms with Gasteiger partial charge in [-0.1, -0.05) is 0 Å². The second-order valence-corrected chi connectivity index (χ2v) is 3.17. The van der Waals surface area contributed by atoms with Crippen LogP contribution in [-0.2, 0) is 19.1 Å². The minimum absolute atomic E-state index is 0.0807. The van der Waals surface area contributed by atoms with Gasteiger partial charge in [0.2, 0.25) is 5.91 Å². The zero-order chi connectivity index (χ0) is 12.4. The van der Waals surface area contributed by atoms with Gasteiger partial charge in [0.05, 0.1) is 7.11 Å². The van der Waals surface area contributed by atoms with E-state index in [1.54, 1.807) is 0 Å². The quantitative estimate of drug-likeness (QED) is 0.380. The van der Waals surface area contributed by atoms with Gasteiger partial charge in [-0.25, -0.2) is 4.79 Å². The largest absolute Gasteiger partial charge is 0.467 e. The molecule has 16 heavy (non-hydrogen) atoms. The lowest BCUT2D eigenvalue weighted by atomic mass is 10.1. The number of carbonyl (C=O) groups excluding carboxylic acids is 2. The first-order valence-electron chi connectivity index (χ1n) is 4.95. The molecule has 0 aromatic carbocycles. The zero-order valence-electron chi connectivity index (χ0n) is 9.62. The van der Waals surface area contributed by atoms with Crippen LogP contribution >= 0.6 is 0 Å². The highest BCUT2D eigenvalue weighted by Gasteiger charge is 2.20. The van der Waals surface area contributed by atoms with Crippen LogP contribution < -0.4 is 5.32 Å². The van der Waals surface area contributed by atoms with Crippen LogP contribution in [0.5, 0.6) is 0 Å². The Bertz CT molecular complexity index is 270. The number of ether oxygens (including phenoxy) is 2. The van der Waals surface area contributed by atoms with Crippen molar-refractivity contribution in [1.82, 2.24) is 5.32 Å². The smallest absolute Gasteiger partial charge is 0.328 e. The molecule has 0 saturated heterocycles. The van der Waals surface area contributed by atoms with Crippen molar-refractivity contribution in [3.63, 3.8) is 0 Å². The molecule has 1 N–H and O–H groups in total. The second-order valence-electron chi connectivity index (χ2n) is 3.17. The third-order valence-electron chi connectivity index (χ3n) is 1.91.